The van der Waals surface area contributed by atoms with Crippen LogP contribution in [0.4, 0.5) is 0 Å². The molecular weight excluding hydrogens is 734 g/mol. The predicted octanol–water partition coefficient (Wildman–Crippen LogP) is -4.92. The number of carbonyl (C=O) groups excluding carboxylic acids is 6. The number of nitrogens with one attached hydrogen (secondary N) is 5. The van der Waals surface area contributed by atoms with E-state index in [1.807, 2.05) is 0 Å². The lowest BCUT2D eigenvalue weighted by Crippen LogP contribution is -2.61. The molecule has 0 radical (unpaired) electrons. The molecule has 312 valence electrons. The SMILES string of the molecule is CC(C)[C@H](N)C(=O)N[C@@H](CCCN=C(N)N)C(=O)N[C@@H](Cc1ccccc1)C(=O)N[C@H](C(=O)N[C@@H](CCCN=C(N)N)C(=O)N[C@@H](CC(N)=O)C(=O)O)[C@@H](C)O. The van der Waals surface area contributed by atoms with Crippen LogP contribution in [-0.4, -0.2) is 119 Å². The third-order valence-electron chi connectivity index (χ3n) is 8.18. The first-order valence-electron chi connectivity index (χ1n) is 17.8. The number of aliphatic carboxylic acids is 1. The van der Waals surface area contributed by atoms with E-state index in [-0.39, 0.29) is 63.0 Å². The minimum absolute atomic E-state index is 0.0161. The smallest absolute Gasteiger partial charge is 0.326 e. The highest BCUT2D eigenvalue weighted by Crippen LogP contribution is 2.09. The van der Waals surface area contributed by atoms with Gasteiger partial charge in [-0.2, -0.15) is 0 Å². The summed E-state index contributed by atoms with van der Waals surface area (Å²) in [4.78, 5) is 98.2. The molecule has 0 spiro atoms. The lowest BCUT2D eigenvalue weighted by molar-refractivity contribution is -0.144. The van der Waals surface area contributed by atoms with Gasteiger partial charge in [0.1, 0.15) is 30.2 Å². The molecule has 0 aliphatic heterocycles. The lowest BCUT2D eigenvalue weighted by Gasteiger charge is -2.28. The maximum atomic E-state index is 13.9. The number of nitrogens with two attached hydrogens (primary N) is 6. The number of carboxylic acid groups (broad SMARTS) is 1. The number of amides is 6. The number of rotatable bonds is 25. The Kier molecular flexibility index (Phi) is 20.9. The van der Waals surface area contributed by atoms with Crippen molar-refractivity contribution in [1.82, 2.24) is 26.6 Å². The fraction of sp³-hybridized carbons (Fsp3) is 0.559. The number of nitrogens with zero attached hydrogens (tertiary/aromatic N) is 2. The summed E-state index contributed by atoms with van der Waals surface area (Å²) in [6.07, 6.45) is -2.16. The van der Waals surface area contributed by atoms with Gasteiger partial charge in [-0.3, -0.25) is 38.8 Å². The van der Waals surface area contributed by atoms with Gasteiger partial charge in [-0.1, -0.05) is 44.2 Å². The Morgan fingerprint density at radius 3 is 1.52 bits per heavy atom. The number of primary amides is 1. The van der Waals surface area contributed by atoms with Gasteiger partial charge in [0.25, 0.3) is 0 Å². The number of guanidine groups is 2. The number of benzene rings is 1. The van der Waals surface area contributed by atoms with Crippen molar-refractivity contribution in [2.24, 2.45) is 50.3 Å². The first kappa shape index (κ1) is 48.0. The first-order valence-corrected chi connectivity index (χ1v) is 17.8. The summed E-state index contributed by atoms with van der Waals surface area (Å²) < 4.78 is 0. The average molecular weight is 792 g/mol. The minimum Gasteiger partial charge on any atom is -0.480 e. The molecule has 1 aromatic rings. The van der Waals surface area contributed by atoms with E-state index in [9.17, 15) is 43.8 Å². The predicted molar refractivity (Wildman–Crippen MR) is 206 cm³/mol. The summed E-state index contributed by atoms with van der Waals surface area (Å²) in [5.41, 5.74) is 33.2. The van der Waals surface area contributed by atoms with Gasteiger partial charge in [0.15, 0.2) is 11.9 Å². The van der Waals surface area contributed by atoms with E-state index in [1.165, 1.54) is 6.92 Å². The second kappa shape index (κ2) is 24.4. The van der Waals surface area contributed by atoms with Crippen molar-refractivity contribution < 1.29 is 43.8 Å². The largest absolute Gasteiger partial charge is 0.480 e. The highest BCUT2D eigenvalue weighted by Gasteiger charge is 2.35. The summed E-state index contributed by atoms with van der Waals surface area (Å²) in [5.74, 6) is -7.64. The van der Waals surface area contributed by atoms with Crippen molar-refractivity contribution in [1.29, 1.82) is 0 Å². The third kappa shape index (κ3) is 18.3. The number of aliphatic hydroxyl groups is 1. The fourth-order valence-corrected chi connectivity index (χ4v) is 5.04. The lowest BCUT2D eigenvalue weighted by atomic mass is 10.0. The van der Waals surface area contributed by atoms with Gasteiger partial charge in [-0.05, 0) is 44.1 Å². The molecular formula is C34H57N13O9. The highest BCUT2D eigenvalue weighted by atomic mass is 16.4. The molecule has 22 heteroatoms. The number of carboxylic acids is 1. The molecule has 22 nitrogen and oxygen atoms in total. The van der Waals surface area contributed by atoms with E-state index in [2.05, 4.69) is 36.6 Å². The highest BCUT2D eigenvalue weighted by molar-refractivity contribution is 5.97. The molecule has 0 fully saturated rings. The second-order valence-electron chi connectivity index (χ2n) is 13.3. The molecule has 56 heavy (non-hydrogen) atoms. The Morgan fingerprint density at radius 1 is 0.643 bits per heavy atom. The molecule has 1 aromatic carbocycles. The van der Waals surface area contributed by atoms with E-state index < -0.39 is 90.2 Å². The Morgan fingerprint density at radius 2 is 1.09 bits per heavy atom. The summed E-state index contributed by atoms with van der Waals surface area (Å²) in [6.45, 7) is 4.79. The van der Waals surface area contributed by atoms with Crippen LogP contribution in [0.2, 0.25) is 0 Å². The Balaban J connectivity index is 3.41. The molecule has 0 saturated heterocycles. The second-order valence-corrected chi connectivity index (χ2v) is 13.3. The molecule has 0 bridgehead atoms. The van der Waals surface area contributed by atoms with Crippen molar-refractivity contribution in [2.75, 3.05) is 13.1 Å². The Labute approximate surface area is 324 Å². The van der Waals surface area contributed by atoms with Gasteiger partial charge in [0.05, 0.1) is 18.6 Å². The summed E-state index contributed by atoms with van der Waals surface area (Å²) in [7, 11) is 0. The molecule has 0 heterocycles. The van der Waals surface area contributed by atoms with Crippen molar-refractivity contribution >= 4 is 53.3 Å². The first-order chi connectivity index (χ1) is 26.2. The van der Waals surface area contributed by atoms with Crippen LogP contribution in [0.5, 0.6) is 0 Å². The van der Waals surface area contributed by atoms with Crippen molar-refractivity contribution in [3.05, 3.63) is 35.9 Å². The zero-order chi connectivity index (χ0) is 42.5. The minimum atomic E-state index is -1.73. The Hall–Kier alpha value is -6.03. The zero-order valence-corrected chi connectivity index (χ0v) is 31.8. The number of carbonyl (C=O) groups is 7. The maximum absolute atomic E-state index is 13.9. The normalized spacial score (nSPS) is 14.6. The fourth-order valence-electron chi connectivity index (χ4n) is 5.04. The molecule has 0 unspecified atom stereocenters. The monoisotopic (exact) mass is 791 g/mol. The Bertz CT molecular complexity index is 1550. The van der Waals surface area contributed by atoms with E-state index in [1.54, 1.807) is 44.2 Å². The van der Waals surface area contributed by atoms with Crippen molar-refractivity contribution in [3.63, 3.8) is 0 Å². The van der Waals surface area contributed by atoms with Gasteiger partial charge in [0.2, 0.25) is 35.4 Å². The molecule has 19 N–H and O–H groups in total. The maximum Gasteiger partial charge on any atom is 0.326 e. The van der Waals surface area contributed by atoms with E-state index >= 15 is 0 Å². The van der Waals surface area contributed by atoms with Crippen molar-refractivity contribution in [2.45, 2.75) is 102 Å². The number of hydrogen-bond donors (Lipinski definition) is 13. The molecule has 0 aliphatic rings. The van der Waals surface area contributed by atoms with Gasteiger partial charge in [-0.25, -0.2) is 4.79 Å². The zero-order valence-electron chi connectivity index (χ0n) is 31.8. The molecule has 0 aromatic heterocycles. The van der Waals surface area contributed by atoms with Gasteiger partial charge in [0, 0.05) is 19.5 Å². The van der Waals surface area contributed by atoms with E-state index in [0.29, 0.717) is 5.56 Å². The van der Waals surface area contributed by atoms with Crippen LogP contribution in [0.1, 0.15) is 58.4 Å². The third-order valence-corrected chi connectivity index (χ3v) is 8.18. The van der Waals surface area contributed by atoms with Crippen LogP contribution in [0.25, 0.3) is 0 Å². The molecule has 0 aliphatic carbocycles. The topological polar surface area (TPSA) is 401 Å². The van der Waals surface area contributed by atoms with Crippen molar-refractivity contribution in [3.8, 4) is 0 Å². The number of aliphatic imine (C=N–C) groups is 2. The quantitative estimate of drug-likeness (QED) is 0.0251. The van der Waals surface area contributed by atoms with Crippen LogP contribution in [0.3, 0.4) is 0 Å². The standard InChI is InChI=1S/C34H57N13O9/c1-17(2)25(36)30(53)43-20(11-7-13-41-33(37)38)27(50)45-22(15-19-9-5-4-6-10-19)29(52)47-26(18(3)48)31(54)44-21(12-8-14-42-34(39)40)28(51)46-23(32(55)56)16-24(35)49/h4-6,9-10,17-18,20-23,25-26,48H,7-8,11-16,36H2,1-3H3,(H2,35,49)(H,43,53)(H,44,54)(H,45,50)(H,46,51)(H,47,52)(H,55,56)(H4,37,38,41)(H4,39,40,42)/t18-,20+,21+,22+,23+,25+,26+/m1/s1. The molecule has 0 saturated carbocycles. The summed E-state index contributed by atoms with van der Waals surface area (Å²) in [6, 6.07) is 0.0941. The van der Waals surface area contributed by atoms with Crippen LogP contribution < -0.4 is 61.0 Å². The average Bonchev–Trinajstić information content (AvgIpc) is 3.11. The van der Waals surface area contributed by atoms with Crippen LogP contribution in [0, 0.1) is 5.92 Å². The van der Waals surface area contributed by atoms with Crippen LogP contribution in [0.15, 0.2) is 40.3 Å². The number of aliphatic hydroxyl groups excluding tert-OH is 1. The molecule has 6 amide bonds. The molecule has 7 atom stereocenters. The molecule has 1 rings (SSSR count). The summed E-state index contributed by atoms with van der Waals surface area (Å²) >= 11 is 0. The summed E-state index contributed by atoms with van der Waals surface area (Å²) in [5, 5.41) is 32.3. The van der Waals surface area contributed by atoms with E-state index in [0.717, 1.165) is 0 Å². The van der Waals surface area contributed by atoms with Crippen LogP contribution >= 0.6 is 0 Å². The van der Waals surface area contributed by atoms with Gasteiger partial charge >= 0.3 is 5.97 Å². The van der Waals surface area contributed by atoms with E-state index in [4.69, 9.17) is 34.4 Å². The van der Waals surface area contributed by atoms with Gasteiger partial charge < -0.3 is 71.2 Å². The van der Waals surface area contributed by atoms with Crippen LogP contribution in [-0.2, 0) is 40.0 Å². The van der Waals surface area contributed by atoms with Gasteiger partial charge in [-0.15, -0.1) is 0 Å². The number of hydrogen-bond acceptors (Lipinski definition) is 11.